The third-order valence-corrected chi connectivity index (χ3v) is 3.94. The molecule has 2 aromatic carbocycles. The van der Waals surface area contributed by atoms with E-state index in [1.807, 2.05) is 6.92 Å². The van der Waals surface area contributed by atoms with Crippen LogP contribution in [0.15, 0.2) is 39.9 Å². The van der Waals surface area contributed by atoms with Crippen LogP contribution in [0.4, 0.5) is 5.69 Å². The third-order valence-electron chi connectivity index (χ3n) is 3.36. The zero-order valence-electron chi connectivity index (χ0n) is 14.4. The van der Waals surface area contributed by atoms with E-state index in [0.29, 0.717) is 28.1 Å². The van der Waals surface area contributed by atoms with Gasteiger partial charge in [0.05, 0.1) is 34.9 Å². The van der Waals surface area contributed by atoms with Gasteiger partial charge in [-0.2, -0.15) is 5.10 Å². The normalized spacial score (nSPS) is 10.6. The molecule has 142 valence electrons. The Hall–Kier alpha value is -3.14. The van der Waals surface area contributed by atoms with Gasteiger partial charge in [-0.25, -0.2) is 5.43 Å². The largest absolute Gasteiger partial charge is 0.507 e. The first-order valence-electron chi connectivity index (χ1n) is 7.68. The van der Waals surface area contributed by atoms with Gasteiger partial charge in [-0.05, 0) is 46.6 Å². The van der Waals surface area contributed by atoms with Crippen LogP contribution in [0, 0.1) is 10.1 Å². The molecule has 9 nitrogen and oxygen atoms in total. The number of phenols is 1. The second-order valence-corrected chi connectivity index (χ2v) is 5.98. The van der Waals surface area contributed by atoms with E-state index in [-0.39, 0.29) is 11.3 Å². The van der Waals surface area contributed by atoms with Crippen molar-refractivity contribution in [1.29, 1.82) is 0 Å². The lowest BCUT2D eigenvalue weighted by atomic mass is 10.1. The van der Waals surface area contributed by atoms with Crippen LogP contribution in [0.25, 0.3) is 0 Å². The number of nitro groups is 1. The van der Waals surface area contributed by atoms with E-state index in [1.54, 1.807) is 12.1 Å². The first kappa shape index (κ1) is 20.2. The van der Waals surface area contributed by atoms with Gasteiger partial charge in [0.15, 0.2) is 11.5 Å². The Balaban J connectivity index is 2.18. The number of nitro benzene ring substituents is 1. The number of phenolic OH excluding ortho intramolecular Hbond substituents is 1. The average Bonchev–Trinajstić information content (AvgIpc) is 2.63. The summed E-state index contributed by atoms with van der Waals surface area (Å²) in [6.07, 6.45) is 1.36. The van der Waals surface area contributed by atoms with Gasteiger partial charge in [-0.3, -0.25) is 14.9 Å². The number of nitrogens with one attached hydrogen (secondary N) is 1. The molecule has 0 heterocycles. The Kier molecular flexibility index (Phi) is 6.72. The molecule has 0 unspecified atom stereocenters. The fraction of sp³-hybridized carbons (Fsp3) is 0.176. The van der Waals surface area contributed by atoms with Crippen LogP contribution >= 0.6 is 15.9 Å². The molecular formula is C17H16BrN3O6. The van der Waals surface area contributed by atoms with Gasteiger partial charge >= 0.3 is 0 Å². The first-order valence-corrected chi connectivity index (χ1v) is 8.47. The second-order valence-electron chi connectivity index (χ2n) is 5.12. The van der Waals surface area contributed by atoms with Crippen molar-refractivity contribution < 1.29 is 24.3 Å². The van der Waals surface area contributed by atoms with E-state index in [9.17, 15) is 20.0 Å². The van der Waals surface area contributed by atoms with E-state index >= 15 is 0 Å². The van der Waals surface area contributed by atoms with E-state index in [4.69, 9.17) is 9.47 Å². The fourth-order valence-electron chi connectivity index (χ4n) is 2.14. The number of hydrogen-bond acceptors (Lipinski definition) is 7. The molecule has 1 amide bonds. The summed E-state index contributed by atoms with van der Waals surface area (Å²) in [6.45, 7) is 2.31. The number of amides is 1. The number of carbonyl (C=O) groups is 1. The number of nitrogens with zero attached hydrogens (tertiary/aromatic N) is 2. The Morgan fingerprint density at radius 2 is 2.15 bits per heavy atom. The molecule has 0 aliphatic heterocycles. The smallest absolute Gasteiger partial charge is 0.275 e. The van der Waals surface area contributed by atoms with Gasteiger partial charge in [0.25, 0.3) is 11.6 Å². The summed E-state index contributed by atoms with van der Waals surface area (Å²) in [7, 11) is 1.50. The summed E-state index contributed by atoms with van der Waals surface area (Å²) in [5.41, 5.74) is 2.24. The molecule has 0 atom stereocenters. The predicted octanol–water partition coefficient (Wildman–Crippen LogP) is 3.23. The molecule has 27 heavy (non-hydrogen) atoms. The lowest BCUT2D eigenvalue weighted by Crippen LogP contribution is -2.18. The van der Waals surface area contributed by atoms with Gasteiger partial charge in [-0.15, -0.1) is 0 Å². The van der Waals surface area contributed by atoms with Crippen molar-refractivity contribution >= 4 is 33.7 Å². The van der Waals surface area contributed by atoms with E-state index in [2.05, 4.69) is 26.5 Å². The molecular weight excluding hydrogens is 422 g/mol. The monoisotopic (exact) mass is 437 g/mol. The maximum Gasteiger partial charge on any atom is 0.275 e. The van der Waals surface area contributed by atoms with Crippen LogP contribution in [-0.2, 0) is 0 Å². The predicted molar refractivity (Wildman–Crippen MR) is 102 cm³/mol. The number of rotatable bonds is 7. The van der Waals surface area contributed by atoms with Crippen molar-refractivity contribution in [2.45, 2.75) is 6.92 Å². The molecule has 2 aromatic rings. The molecule has 0 spiro atoms. The molecule has 0 saturated heterocycles. The molecule has 0 bridgehead atoms. The van der Waals surface area contributed by atoms with Gasteiger partial charge in [0, 0.05) is 12.1 Å². The highest BCUT2D eigenvalue weighted by Gasteiger charge is 2.16. The topological polar surface area (TPSA) is 123 Å². The van der Waals surface area contributed by atoms with Crippen LogP contribution in [0.5, 0.6) is 17.2 Å². The minimum absolute atomic E-state index is 0.258. The SMILES string of the molecule is CCOc1c(Br)cc(/C=N/NC(=O)c2cc([N+](=O)[O-])ccc2O)cc1OC. The number of non-ortho nitro benzene ring substituents is 1. The fourth-order valence-corrected chi connectivity index (χ4v) is 2.72. The zero-order chi connectivity index (χ0) is 20.0. The van der Waals surface area contributed by atoms with Gasteiger partial charge in [-0.1, -0.05) is 0 Å². The van der Waals surface area contributed by atoms with Crippen LogP contribution in [0.2, 0.25) is 0 Å². The van der Waals surface area contributed by atoms with Crippen LogP contribution in [0.1, 0.15) is 22.8 Å². The standard InChI is InChI=1S/C17H16BrN3O6/c1-3-27-16-13(18)6-10(7-15(16)26-2)9-19-20-17(23)12-8-11(21(24)25)4-5-14(12)22/h4-9,22H,3H2,1-2H3,(H,20,23)/b19-9+. The molecule has 0 fully saturated rings. The summed E-state index contributed by atoms with van der Waals surface area (Å²) in [6, 6.07) is 6.52. The number of ether oxygens (including phenoxy) is 2. The maximum atomic E-state index is 12.1. The van der Waals surface area contributed by atoms with Crippen molar-refractivity contribution in [3.05, 3.63) is 56.0 Å². The third kappa shape index (κ3) is 4.94. The Bertz CT molecular complexity index is 900. The highest BCUT2D eigenvalue weighted by Crippen LogP contribution is 2.36. The minimum atomic E-state index is -0.788. The molecule has 0 saturated carbocycles. The maximum absolute atomic E-state index is 12.1. The van der Waals surface area contributed by atoms with Crippen molar-refractivity contribution in [2.75, 3.05) is 13.7 Å². The Morgan fingerprint density at radius 1 is 1.41 bits per heavy atom. The molecule has 0 aliphatic rings. The van der Waals surface area contributed by atoms with E-state index in [0.717, 1.165) is 18.2 Å². The van der Waals surface area contributed by atoms with E-state index in [1.165, 1.54) is 13.3 Å². The highest BCUT2D eigenvalue weighted by atomic mass is 79.9. The van der Waals surface area contributed by atoms with Gasteiger partial charge < -0.3 is 14.6 Å². The van der Waals surface area contributed by atoms with Crippen molar-refractivity contribution in [2.24, 2.45) is 5.10 Å². The number of hydrogen-bond donors (Lipinski definition) is 2. The number of carbonyl (C=O) groups excluding carboxylic acids is 1. The lowest BCUT2D eigenvalue weighted by Gasteiger charge is -2.12. The van der Waals surface area contributed by atoms with Crippen molar-refractivity contribution in [3.8, 4) is 17.2 Å². The number of halogens is 1. The number of benzene rings is 2. The van der Waals surface area contributed by atoms with Gasteiger partial charge in [0.1, 0.15) is 5.75 Å². The molecule has 0 radical (unpaired) electrons. The van der Waals surface area contributed by atoms with Crippen LogP contribution < -0.4 is 14.9 Å². The van der Waals surface area contributed by atoms with Crippen LogP contribution in [-0.4, -0.2) is 35.9 Å². The Morgan fingerprint density at radius 3 is 2.78 bits per heavy atom. The first-order chi connectivity index (χ1) is 12.9. The zero-order valence-corrected chi connectivity index (χ0v) is 16.0. The van der Waals surface area contributed by atoms with Crippen molar-refractivity contribution in [3.63, 3.8) is 0 Å². The molecule has 2 rings (SSSR count). The Labute approximate surface area is 162 Å². The second kappa shape index (κ2) is 8.99. The lowest BCUT2D eigenvalue weighted by molar-refractivity contribution is -0.384. The summed E-state index contributed by atoms with van der Waals surface area (Å²) in [4.78, 5) is 22.2. The van der Waals surface area contributed by atoms with E-state index < -0.39 is 16.6 Å². The molecule has 0 aliphatic carbocycles. The summed E-state index contributed by atoms with van der Waals surface area (Å²) < 4.78 is 11.4. The van der Waals surface area contributed by atoms with Crippen molar-refractivity contribution in [1.82, 2.24) is 5.43 Å². The minimum Gasteiger partial charge on any atom is -0.507 e. The average molecular weight is 438 g/mol. The number of methoxy groups -OCH3 is 1. The number of aromatic hydroxyl groups is 1. The summed E-state index contributed by atoms with van der Waals surface area (Å²) in [5, 5.41) is 24.3. The highest BCUT2D eigenvalue weighted by molar-refractivity contribution is 9.10. The summed E-state index contributed by atoms with van der Waals surface area (Å²) in [5.74, 6) is -0.152. The summed E-state index contributed by atoms with van der Waals surface area (Å²) >= 11 is 3.38. The van der Waals surface area contributed by atoms with Crippen LogP contribution in [0.3, 0.4) is 0 Å². The number of hydrazone groups is 1. The molecule has 2 N–H and O–H groups in total. The quantitative estimate of drug-likeness (QED) is 0.389. The molecule has 0 aromatic heterocycles. The molecule has 10 heteroatoms. The van der Waals surface area contributed by atoms with Gasteiger partial charge in [0.2, 0.25) is 0 Å².